The predicted molar refractivity (Wildman–Crippen MR) is 90.1 cm³/mol. The van der Waals surface area contributed by atoms with Gasteiger partial charge in [0.1, 0.15) is 0 Å². The molecular weight excluding hydrogens is 346 g/mol. The summed E-state index contributed by atoms with van der Waals surface area (Å²) in [7, 11) is -3.73. The van der Waals surface area contributed by atoms with Crippen molar-refractivity contribution in [3.8, 4) is 6.07 Å². The van der Waals surface area contributed by atoms with Gasteiger partial charge in [0.15, 0.2) is 6.61 Å². The van der Waals surface area contributed by atoms with Crippen molar-refractivity contribution in [2.45, 2.75) is 25.2 Å². The zero-order chi connectivity index (χ0) is 18.9. The molecule has 1 aromatic rings. The van der Waals surface area contributed by atoms with Gasteiger partial charge in [-0.25, -0.2) is 17.9 Å². The highest BCUT2D eigenvalue weighted by atomic mass is 32.2. The molecule has 0 aliphatic carbocycles. The Bertz CT molecular complexity index is 734. The normalized spacial score (nSPS) is 10.8. The molecule has 0 aliphatic heterocycles. The molecular formula is C16H21N3O5S. The molecule has 0 aliphatic rings. The third-order valence-electron chi connectivity index (χ3n) is 3.37. The first-order valence-electron chi connectivity index (χ1n) is 7.77. The van der Waals surface area contributed by atoms with Gasteiger partial charge < -0.3 is 9.64 Å². The number of likely N-dealkylation sites (N-methyl/N-ethyl adjacent to an activating group) is 1. The average molecular weight is 367 g/mol. The van der Waals surface area contributed by atoms with E-state index in [-0.39, 0.29) is 35.9 Å². The first-order valence-corrected chi connectivity index (χ1v) is 9.25. The van der Waals surface area contributed by atoms with Crippen molar-refractivity contribution in [1.82, 2.24) is 9.62 Å². The molecule has 0 heterocycles. The molecule has 0 saturated heterocycles. The molecule has 0 atom stereocenters. The van der Waals surface area contributed by atoms with Gasteiger partial charge in [-0.05, 0) is 38.1 Å². The Balaban J connectivity index is 2.68. The molecule has 8 nitrogen and oxygen atoms in total. The van der Waals surface area contributed by atoms with Crippen LogP contribution in [0, 0.1) is 11.3 Å². The fourth-order valence-electron chi connectivity index (χ4n) is 1.97. The molecule has 0 fully saturated rings. The second-order valence-corrected chi connectivity index (χ2v) is 6.74. The van der Waals surface area contributed by atoms with Crippen LogP contribution in [0.1, 0.15) is 30.6 Å². The largest absolute Gasteiger partial charge is 0.452 e. The Morgan fingerprint density at radius 1 is 1.20 bits per heavy atom. The number of sulfonamides is 1. The van der Waals surface area contributed by atoms with Crippen LogP contribution in [0.15, 0.2) is 29.2 Å². The summed E-state index contributed by atoms with van der Waals surface area (Å²) < 4.78 is 31.1. The molecule has 0 aromatic heterocycles. The van der Waals surface area contributed by atoms with Crippen molar-refractivity contribution >= 4 is 21.9 Å². The first-order chi connectivity index (χ1) is 11.9. The van der Waals surface area contributed by atoms with Crippen LogP contribution >= 0.6 is 0 Å². The number of esters is 1. The molecule has 136 valence electrons. The van der Waals surface area contributed by atoms with E-state index in [1.54, 1.807) is 0 Å². The second kappa shape index (κ2) is 9.76. The summed E-state index contributed by atoms with van der Waals surface area (Å²) in [5, 5.41) is 8.42. The molecule has 9 heteroatoms. The van der Waals surface area contributed by atoms with Gasteiger partial charge >= 0.3 is 5.97 Å². The topological polar surface area (TPSA) is 117 Å². The van der Waals surface area contributed by atoms with E-state index in [4.69, 9.17) is 10.00 Å². The van der Waals surface area contributed by atoms with Gasteiger partial charge in [-0.2, -0.15) is 5.26 Å². The Labute approximate surface area is 147 Å². The highest BCUT2D eigenvalue weighted by Gasteiger charge is 2.16. The van der Waals surface area contributed by atoms with E-state index in [1.165, 1.54) is 29.2 Å². The van der Waals surface area contributed by atoms with Crippen LogP contribution in [0.25, 0.3) is 0 Å². The van der Waals surface area contributed by atoms with E-state index < -0.39 is 16.0 Å². The molecule has 0 bridgehead atoms. The summed E-state index contributed by atoms with van der Waals surface area (Å²) in [6.07, 6.45) is 0.0597. The minimum atomic E-state index is -3.73. The fraction of sp³-hybridized carbons (Fsp3) is 0.438. The molecule has 25 heavy (non-hydrogen) atoms. The molecule has 1 amide bonds. The third kappa shape index (κ3) is 6.17. The summed E-state index contributed by atoms with van der Waals surface area (Å²) in [5.74, 6) is -0.999. The number of benzene rings is 1. The molecule has 1 aromatic carbocycles. The van der Waals surface area contributed by atoms with E-state index >= 15 is 0 Å². The maximum Gasteiger partial charge on any atom is 0.338 e. The van der Waals surface area contributed by atoms with Crippen LogP contribution in [-0.4, -0.2) is 51.4 Å². The van der Waals surface area contributed by atoms with Gasteiger partial charge in [-0.1, -0.05) is 0 Å². The molecule has 0 spiro atoms. The van der Waals surface area contributed by atoms with E-state index in [0.717, 1.165) is 0 Å². The first kappa shape index (κ1) is 20.6. The standard InChI is InChI=1S/C16H21N3O5S/c1-3-19(4-2)15(20)12-24-16(21)13-6-8-14(9-7-13)25(22,23)18-11-5-10-17/h6-9,18H,3-5,11-12H2,1-2H3. The zero-order valence-corrected chi connectivity index (χ0v) is 15.0. The minimum Gasteiger partial charge on any atom is -0.452 e. The summed E-state index contributed by atoms with van der Waals surface area (Å²) in [5.41, 5.74) is 0.142. The minimum absolute atomic E-state index is 0.0100. The summed E-state index contributed by atoms with van der Waals surface area (Å²) in [4.78, 5) is 25.2. The number of nitriles is 1. The Morgan fingerprint density at radius 2 is 1.80 bits per heavy atom. The fourth-order valence-corrected chi connectivity index (χ4v) is 3.00. The van der Waals surface area contributed by atoms with Crippen LogP contribution in [0.2, 0.25) is 0 Å². The van der Waals surface area contributed by atoms with Crippen molar-refractivity contribution in [3.05, 3.63) is 29.8 Å². The lowest BCUT2D eigenvalue weighted by molar-refractivity contribution is -0.134. The average Bonchev–Trinajstić information content (AvgIpc) is 2.61. The predicted octanol–water partition coefficient (Wildman–Crippen LogP) is 0.904. The number of ether oxygens (including phenoxy) is 1. The van der Waals surface area contributed by atoms with Gasteiger partial charge in [0.25, 0.3) is 5.91 Å². The quantitative estimate of drug-likeness (QED) is 0.512. The number of rotatable bonds is 9. The monoisotopic (exact) mass is 367 g/mol. The Morgan fingerprint density at radius 3 is 2.32 bits per heavy atom. The Hall–Kier alpha value is -2.44. The molecule has 0 radical (unpaired) electrons. The van der Waals surface area contributed by atoms with Gasteiger partial charge in [0.2, 0.25) is 10.0 Å². The van der Waals surface area contributed by atoms with Crippen molar-refractivity contribution < 1.29 is 22.7 Å². The van der Waals surface area contributed by atoms with Crippen LogP contribution < -0.4 is 4.72 Å². The number of hydrogen-bond acceptors (Lipinski definition) is 6. The van der Waals surface area contributed by atoms with Crippen LogP contribution in [0.5, 0.6) is 0 Å². The maximum absolute atomic E-state index is 12.0. The maximum atomic E-state index is 12.0. The SMILES string of the molecule is CCN(CC)C(=O)COC(=O)c1ccc(S(=O)(=O)NCCC#N)cc1. The number of nitrogens with one attached hydrogen (secondary N) is 1. The van der Waals surface area contributed by atoms with Crippen LogP contribution in [0.3, 0.4) is 0 Å². The second-order valence-electron chi connectivity index (χ2n) is 4.97. The van der Waals surface area contributed by atoms with E-state index in [2.05, 4.69) is 4.72 Å². The molecule has 1 N–H and O–H groups in total. The van der Waals surface area contributed by atoms with Crippen molar-refractivity contribution in [2.75, 3.05) is 26.2 Å². The van der Waals surface area contributed by atoms with Gasteiger partial charge in [0, 0.05) is 26.1 Å². The molecule has 0 saturated carbocycles. The number of hydrogen-bond donors (Lipinski definition) is 1. The molecule has 1 rings (SSSR count). The van der Waals surface area contributed by atoms with Crippen LogP contribution in [0.4, 0.5) is 0 Å². The zero-order valence-electron chi connectivity index (χ0n) is 14.2. The van der Waals surface area contributed by atoms with E-state index in [9.17, 15) is 18.0 Å². The summed E-state index contributed by atoms with van der Waals surface area (Å²) >= 11 is 0. The van der Waals surface area contributed by atoms with Gasteiger partial charge in [-0.15, -0.1) is 0 Å². The number of carbonyl (C=O) groups is 2. The lowest BCUT2D eigenvalue weighted by Gasteiger charge is -2.18. The summed E-state index contributed by atoms with van der Waals surface area (Å²) in [6, 6.07) is 6.98. The number of nitrogens with zero attached hydrogens (tertiary/aromatic N) is 2. The van der Waals surface area contributed by atoms with Crippen molar-refractivity contribution in [3.63, 3.8) is 0 Å². The van der Waals surface area contributed by atoms with E-state index in [1.807, 2.05) is 19.9 Å². The number of carbonyl (C=O) groups excluding carboxylic acids is 2. The Kier molecular flexibility index (Phi) is 8.04. The highest BCUT2D eigenvalue weighted by molar-refractivity contribution is 7.89. The van der Waals surface area contributed by atoms with Crippen molar-refractivity contribution in [1.29, 1.82) is 5.26 Å². The highest BCUT2D eigenvalue weighted by Crippen LogP contribution is 2.11. The van der Waals surface area contributed by atoms with Gasteiger partial charge in [-0.3, -0.25) is 4.79 Å². The number of amides is 1. The summed E-state index contributed by atoms with van der Waals surface area (Å²) in [6.45, 7) is 4.35. The van der Waals surface area contributed by atoms with E-state index in [0.29, 0.717) is 13.1 Å². The smallest absolute Gasteiger partial charge is 0.338 e. The van der Waals surface area contributed by atoms with Crippen LogP contribution in [-0.2, 0) is 19.6 Å². The third-order valence-corrected chi connectivity index (χ3v) is 4.85. The van der Waals surface area contributed by atoms with Crippen molar-refractivity contribution in [2.24, 2.45) is 0 Å². The van der Waals surface area contributed by atoms with Gasteiger partial charge in [0.05, 0.1) is 16.5 Å². The lowest BCUT2D eigenvalue weighted by Crippen LogP contribution is -2.34. The lowest BCUT2D eigenvalue weighted by atomic mass is 10.2. The molecule has 0 unspecified atom stereocenters.